The first-order chi connectivity index (χ1) is 16.5. The summed E-state index contributed by atoms with van der Waals surface area (Å²) in [6, 6.07) is 6.72. The van der Waals surface area contributed by atoms with Crippen LogP contribution >= 0.6 is 11.8 Å². The fraction of sp³-hybridized carbons (Fsp3) is 0.593. The number of nitrogens with zero attached hydrogens (tertiary/aromatic N) is 3. The standard InChI is InChI=1S/C27H36N4O2S/c1-3-5-8-27(16-23(32)33-4-2)18-26(19-27)9-13-31(14-10-26)17-20-6-7-22-21(15-20)30-24-25(34-22)29-12-11-28-24/h6-7,11-12,15H,3-5,8-10,13-14,16-19H2,1-2H3,(H,28,30). The van der Waals surface area contributed by atoms with Gasteiger partial charge < -0.3 is 10.1 Å². The lowest BCUT2D eigenvalue weighted by molar-refractivity contribution is -0.155. The Morgan fingerprint density at radius 1 is 1.18 bits per heavy atom. The van der Waals surface area contributed by atoms with Crippen molar-refractivity contribution in [2.75, 3.05) is 25.0 Å². The Kier molecular flexibility index (Phi) is 6.85. The number of esters is 1. The van der Waals surface area contributed by atoms with Crippen molar-refractivity contribution in [3.63, 3.8) is 0 Å². The Labute approximate surface area is 207 Å². The summed E-state index contributed by atoms with van der Waals surface area (Å²) in [4.78, 5) is 24.9. The summed E-state index contributed by atoms with van der Waals surface area (Å²) in [5, 5.41) is 4.38. The van der Waals surface area contributed by atoms with E-state index in [-0.39, 0.29) is 11.4 Å². The molecule has 34 heavy (non-hydrogen) atoms. The van der Waals surface area contributed by atoms with E-state index in [2.05, 4.69) is 45.3 Å². The number of fused-ring (bicyclic) bond motifs is 2. The number of anilines is 2. The number of aromatic nitrogens is 2. The van der Waals surface area contributed by atoms with Crippen molar-refractivity contribution >= 4 is 29.2 Å². The molecule has 1 aromatic heterocycles. The SMILES string of the molecule is CCCCC1(CC(=O)OCC)CC2(CCN(Cc3ccc4c(c3)Nc3nccnc3S4)CC2)C1. The van der Waals surface area contributed by atoms with E-state index in [1.54, 1.807) is 24.2 Å². The van der Waals surface area contributed by atoms with E-state index in [9.17, 15) is 4.79 Å². The van der Waals surface area contributed by atoms with E-state index in [4.69, 9.17) is 4.74 Å². The van der Waals surface area contributed by atoms with Crippen molar-refractivity contribution in [1.82, 2.24) is 14.9 Å². The van der Waals surface area contributed by atoms with Crippen LogP contribution in [0.2, 0.25) is 0 Å². The number of ether oxygens (including phenoxy) is 1. The molecule has 1 aromatic carbocycles. The lowest BCUT2D eigenvalue weighted by Crippen LogP contribution is -2.53. The number of likely N-dealkylation sites (tertiary alicyclic amines) is 1. The van der Waals surface area contributed by atoms with Crippen molar-refractivity contribution in [3.8, 4) is 0 Å². The Balaban J connectivity index is 1.16. The number of unbranched alkanes of at least 4 members (excludes halogenated alkanes) is 1. The van der Waals surface area contributed by atoms with Crippen LogP contribution in [0.3, 0.4) is 0 Å². The minimum atomic E-state index is -0.00123. The van der Waals surface area contributed by atoms with Gasteiger partial charge in [-0.05, 0) is 80.6 Å². The number of piperidine rings is 1. The van der Waals surface area contributed by atoms with Crippen molar-refractivity contribution in [2.24, 2.45) is 10.8 Å². The number of hydrogen-bond acceptors (Lipinski definition) is 7. The Morgan fingerprint density at radius 2 is 1.97 bits per heavy atom. The quantitative estimate of drug-likeness (QED) is 0.386. The van der Waals surface area contributed by atoms with Gasteiger partial charge in [-0.25, -0.2) is 9.97 Å². The van der Waals surface area contributed by atoms with Crippen molar-refractivity contribution in [2.45, 2.75) is 81.7 Å². The minimum Gasteiger partial charge on any atom is -0.466 e. The molecule has 2 fully saturated rings. The Hall–Kier alpha value is -2.12. The smallest absolute Gasteiger partial charge is 0.306 e. The molecule has 1 saturated carbocycles. The van der Waals surface area contributed by atoms with Gasteiger partial charge in [-0.15, -0.1) is 0 Å². The van der Waals surface area contributed by atoms with Gasteiger partial charge in [0, 0.05) is 23.8 Å². The van der Waals surface area contributed by atoms with E-state index in [0.29, 0.717) is 18.4 Å². The third-order valence-electron chi connectivity index (χ3n) is 7.88. The molecule has 1 aliphatic carbocycles. The molecule has 0 radical (unpaired) electrons. The van der Waals surface area contributed by atoms with Crippen molar-refractivity contribution in [1.29, 1.82) is 0 Å². The average Bonchev–Trinajstić information content (AvgIpc) is 2.82. The summed E-state index contributed by atoms with van der Waals surface area (Å²) in [5.74, 6) is 0.843. The van der Waals surface area contributed by atoms with E-state index in [1.165, 1.54) is 55.4 Å². The second-order valence-corrected chi connectivity index (χ2v) is 11.5. The number of benzene rings is 1. The molecule has 7 heteroatoms. The predicted octanol–water partition coefficient (Wildman–Crippen LogP) is 6.19. The summed E-state index contributed by atoms with van der Waals surface area (Å²) in [7, 11) is 0. The summed E-state index contributed by atoms with van der Waals surface area (Å²) in [6.07, 6.45) is 12.5. The molecule has 0 atom stereocenters. The molecule has 5 rings (SSSR count). The van der Waals surface area contributed by atoms with Gasteiger partial charge in [0.25, 0.3) is 0 Å². The van der Waals surface area contributed by atoms with Crippen LogP contribution in [0.25, 0.3) is 0 Å². The summed E-state index contributed by atoms with van der Waals surface area (Å²) < 4.78 is 5.31. The summed E-state index contributed by atoms with van der Waals surface area (Å²) >= 11 is 1.68. The van der Waals surface area contributed by atoms with Crippen LogP contribution in [0.4, 0.5) is 11.5 Å². The van der Waals surface area contributed by atoms with Gasteiger partial charge in [-0.2, -0.15) is 0 Å². The van der Waals surface area contributed by atoms with Crippen LogP contribution in [0, 0.1) is 10.8 Å². The molecular weight excluding hydrogens is 444 g/mol. The fourth-order valence-corrected chi connectivity index (χ4v) is 7.25. The van der Waals surface area contributed by atoms with Crippen molar-refractivity contribution < 1.29 is 9.53 Å². The molecule has 2 aliphatic heterocycles. The highest BCUT2D eigenvalue weighted by Crippen LogP contribution is 2.63. The molecular formula is C27H36N4O2S. The highest BCUT2D eigenvalue weighted by molar-refractivity contribution is 7.99. The number of rotatable bonds is 8. The summed E-state index contributed by atoms with van der Waals surface area (Å²) in [6.45, 7) is 7.88. The van der Waals surface area contributed by atoms with Crippen LogP contribution in [0.5, 0.6) is 0 Å². The average molecular weight is 481 g/mol. The second kappa shape index (κ2) is 9.86. The van der Waals surface area contributed by atoms with E-state index in [1.807, 2.05) is 6.92 Å². The molecule has 1 spiro atoms. The van der Waals surface area contributed by atoms with Crippen LogP contribution in [0.1, 0.15) is 70.8 Å². The molecule has 2 aromatic rings. The van der Waals surface area contributed by atoms with Crippen LogP contribution in [-0.2, 0) is 16.1 Å². The van der Waals surface area contributed by atoms with E-state index < -0.39 is 0 Å². The van der Waals surface area contributed by atoms with Crippen molar-refractivity contribution in [3.05, 3.63) is 36.2 Å². The fourth-order valence-electron chi connectivity index (χ4n) is 6.38. The van der Waals surface area contributed by atoms with E-state index >= 15 is 0 Å². The summed E-state index contributed by atoms with van der Waals surface area (Å²) in [5.41, 5.74) is 3.09. The molecule has 6 nitrogen and oxygen atoms in total. The van der Waals surface area contributed by atoms with Gasteiger partial charge in [-0.1, -0.05) is 37.6 Å². The van der Waals surface area contributed by atoms with Gasteiger partial charge in [0.2, 0.25) is 0 Å². The maximum Gasteiger partial charge on any atom is 0.306 e. The van der Waals surface area contributed by atoms with Crippen LogP contribution in [0.15, 0.2) is 40.5 Å². The predicted molar refractivity (Wildman–Crippen MR) is 135 cm³/mol. The first-order valence-corrected chi connectivity index (χ1v) is 13.6. The van der Waals surface area contributed by atoms with Gasteiger partial charge in [0.15, 0.2) is 5.82 Å². The molecule has 1 N–H and O–H groups in total. The number of carbonyl (C=O) groups is 1. The number of nitrogens with one attached hydrogen (secondary N) is 1. The second-order valence-electron chi connectivity index (χ2n) is 10.5. The maximum absolute atomic E-state index is 12.3. The zero-order chi connectivity index (χ0) is 23.6. The van der Waals surface area contributed by atoms with Gasteiger partial charge in [0.1, 0.15) is 5.03 Å². The molecule has 1 saturated heterocycles. The maximum atomic E-state index is 12.3. The molecule has 3 aliphatic rings. The Morgan fingerprint density at radius 3 is 2.74 bits per heavy atom. The molecule has 3 heterocycles. The number of carbonyl (C=O) groups excluding carboxylic acids is 1. The third kappa shape index (κ3) is 4.96. The van der Waals surface area contributed by atoms with Crippen LogP contribution in [-0.4, -0.2) is 40.5 Å². The third-order valence-corrected chi connectivity index (χ3v) is 8.94. The minimum absolute atomic E-state index is 0.00123. The largest absolute Gasteiger partial charge is 0.466 e. The Bertz CT molecular complexity index is 1030. The zero-order valence-corrected chi connectivity index (χ0v) is 21.3. The van der Waals surface area contributed by atoms with Gasteiger partial charge in [0.05, 0.1) is 18.7 Å². The molecule has 0 amide bonds. The lowest BCUT2D eigenvalue weighted by atomic mass is 9.47. The molecule has 182 valence electrons. The normalized spacial score (nSPS) is 20.1. The van der Waals surface area contributed by atoms with Gasteiger partial charge >= 0.3 is 5.97 Å². The van der Waals surface area contributed by atoms with Gasteiger partial charge in [-0.3, -0.25) is 9.69 Å². The lowest BCUT2D eigenvalue weighted by Gasteiger charge is -2.59. The number of hydrogen-bond donors (Lipinski definition) is 1. The molecule has 0 unspecified atom stereocenters. The highest BCUT2D eigenvalue weighted by atomic mass is 32.2. The van der Waals surface area contributed by atoms with Crippen LogP contribution < -0.4 is 5.32 Å². The first kappa shape index (κ1) is 23.6. The zero-order valence-electron chi connectivity index (χ0n) is 20.4. The molecule has 0 bridgehead atoms. The topological polar surface area (TPSA) is 67.3 Å². The van der Waals surface area contributed by atoms with E-state index in [0.717, 1.165) is 36.2 Å². The first-order valence-electron chi connectivity index (χ1n) is 12.8. The highest BCUT2D eigenvalue weighted by Gasteiger charge is 2.55. The monoisotopic (exact) mass is 480 g/mol.